The lowest BCUT2D eigenvalue weighted by Crippen LogP contribution is -2.39. The molecule has 26 heavy (non-hydrogen) atoms. The van der Waals surface area contributed by atoms with Crippen molar-refractivity contribution >= 4 is 16.9 Å². The van der Waals surface area contributed by atoms with Crippen molar-refractivity contribution < 1.29 is 0 Å². The molecule has 0 spiro atoms. The van der Waals surface area contributed by atoms with Gasteiger partial charge < -0.3 is 15.6 Å². The fraction of sp³-hybridized carbons (Fsp3) is 0.318. The minimum Gasteiger partial charge on any atom is -0.361 e. The van der Waals surface area contributed by atoms with Crippen molar-refractivity contribution in [3.8, 4) is 0 Å². The quantitative estimate of drug-likeness (QED) is 0.487. The van der Waals surface area contributed by atoms with Gasteiger partial charge >= 0.3 is 0 Å². The monoisotopic (exact) mass is 346 g/mol. The molecule has 2 unspecified atom stereocenters. The Morgan fingerprint density at radius 1 is 1.15 bits per heavy atom. The Hall–Kier alpha value is -2.75. The van der Waals surface area contributed by atoms with E-state index in [9.17, 15) is 0 Å². The van der Waals surface area contributed by atoms with Gasteiger partial charge in [-0.25, -0.2) is 0 Å². The third kappa shape index (κ3) is 3.45. The Morgan fingerprint density at radius 2 is 1.96 bits per heavy atom. The van der Waals surface area contributed by atoms with Crippen LogP contribution in [0.5, 0.6) is 0 Å². The van der Waals surface area contributed by atoms with Crippen LogP contribution in [0.15, 0.2) is 59.7 Å². The van der Waals surface area contributed by atoms with Crippen LogP contribution in [-0.2, 0) is 6.42 Å². The van der Waals surface area contributed by atoms with Crippen LogP contribution in [0.2, 0.25) is 0 Å². The fourth-order valence-corrected chi connectivity index (χ4v) is 3.73. The van der Waals surface area contributed by atoms with E-state index in [1.807, 2.05) is 7.05 Å². The number of rotatable bonds is 5. The van der Waals surface area contributed by atoms with Crippen molar-refractivity contribution in [2.75, 3.05) is 13.6 Å². The summed E-state index contributed by atoms with van der Waals surface area (Å²) in [5, 5.41) is 8.32. The molecule has 3 aromatic rings. The summed E-state index contributed by atoms with van der Waals surface area (Å²) in [6.45, 7) is 3.06. The summed E-state index contributed by atoms with van der Waals surface area (Å²) in [5.41, 5.74) is 5.38. The standard InChI is InChI=1S/C22H26N4/c1-15-7-3-4-8-17(15)19-13-21(19)26-22(23-2)24-12-11-16-14-25-20-10-6-5-9-18(16)20/h3-10,14,19,21,25H,11-13H2,1-2H3,(H2,23,24,26). The zero-order valence-electron chi connectivity index (χ0n) is 15.4. The van der Waals surface area contributed by atoms with E-state index in [4.69, 9.17) is 0 Å². The Balaban J connectivity index is 1.30. The predicted molar refractivity (Wildman–Crippen MR) is 109 cm³/mol. The topological polar surface area (TPSA) is 52.2 Å². The van der Waals surface area contributed by atoms with Gasteiger partial charge in [0.15, 0.2) is 5.96 Å². The Kier molecular flexibility index (Phi) is 4.65. The summed E-state index contributed by atoms with van der Waals surface area (Å²) in [6, 6.07) is 17.6. The number of benzene rings is 2. The first-order chi connectivity index (χ1) is 12.8. The van der Waals surface area contributed by atoms with E-state index < -0.39 is 0 Å². The number of H-pyrrole nitrogens is 1. The maximum absolute atomic E-state index is 4.39. The van der Waals surface area contributed by atoms with E-state index in [1.54, 1.807) is 0 Å². The van der Waals surface area contributed by atoms with E-state index in [0.717, 1.165) is 18.9 Å². The highest BCUT2D eigenvalue weighted by molar-refractivity contribution is 5.83. The van der Waals surface area contributed by atoms with Gasteiger partial charge in [-0.3, -0.25) is 4.99 Å². The highest BCUT2D eigenvalue weighted by Crippen LogP contribution is 2.41. The summed E-state index contributed by atoms with van der Waals surface area (Å²) in [4.78, 5) is 7.72. The molecule has 1 fully saturated rings. The molecule has 4 nitrogen and oxygen atoms in total. The van der Waals surface area contributed by atoms with Gasteiger partial charge in [0.05, 0.1) is 0 Å². The maximum atomic E-state index is 4.39. The van der Waals surface area contributed by atoms with Crippen molar-refractivity contribution in [2.45, 2.75) is 31.7 Å². The number of para-hydroxylation sites is 1. The van der Waals surface area contributed by atoms with Crippen LogP contribution >= 0.6 is 0 Å². The van der Waals surface area contributed by atoms with Crippen LogP contribution in [0.25, 0.3) is 10.9 Å². The Labute approximate surface area is 154 Å². The summed E-state index contributed by atoms with van der Waals surface area (Å²) >= 11 is 0. The van der Waals surface area contributed by atoms with Gasteiger partial charge in [-0.1, -0.05) is 42.5 Å². The fourth-order valence-electron chi connectivity index (χ4n) is 3.73. The highest BCUT2D eigenvalue weighted by Gasteiger charge is 2.39. The molecule has 3 N–H and O–H groups in total. The molecule has 1 heterocycles. The molecular formula is C22H26N4. The molecule has 0 bridgehead atoms. The molecule has 0 radical (unpaired) electrons. The molecule has 0 aliphatic heterocycles. The second kappa shape index (κ2) is 7.24. The SMILES string of the molecule is CN=C(NCCc1c[nH]c2ccccc12)NC1CC1c1ccccc1C. The predicted octanol–water partition coefficient (Wildman–Crippen LogP) is 3.74. The lowest BCUT2D eigenvalue weighted by Gasteiger charge is -2.12. The molecule has 2 aromatic carbocycles. The largest absolute Gasteiger partial charge is 0.361 e. The molecule has 1 aliphatic rings. The van der Waals surface area contributed by atoms with E-state index in [0.29, 0.717) is 12.0 Å². The van der Waals surface area contributed by atoms with Crippen LogP contribution in [0.4, 0.5) is 0 Å². The number of hydrogen-bond acceptors (Lipinski definition) is 1. The van der Waals surface area contributed by atoms with Crippen LogP contribution in [0.1, 0.15) is 29.0 Å². The number of aromatic nitrogens is 1. The lowest BCUT2D eigenvalue weighted by molar-refractivity contribution is 0.780. The van der Waals surface area contributed by atoms with E-state index in [2.05, 4.69) is 82.3 Å². The number of aromatic amines is 1. The number of hydrogen-bond donors (Lipinski definition) is 3. The average Bonchev–Trinajstić information content (AvgIpc) is 3.31. The molecule has 2 atom stereocenters. The van der Waals surface area contributed by atoms with Crippen molar-refractivity contribution in [2.24, 2.45) is 4.99 Å². The van der Waals surface area contributed by atoms with Crippen molar-refractivity contribution in [1.29, 1.82) is 0 Å². The highest BCUT2D eigenvalue weighted by atomic mass is 15.2. The van der Waals surface area contributed by atoms with Crippen molar-refractivity contribution in [1.82, 2.24) is 15.6 Å². The molecule has 1 saturated carbocycles. The van der Waals surface area contributed by atoms with Crippen LogP contribution in [0, 0.1) is 6.92 Å². The molecule has 134 valence electrons. The number of aryl methyl sites for hydroxylation is 1. The molecule has 0 amide bonds. The second-order valence-corrected chi connectivity index (χ2v) is 7.06. The van der Waals surface area contributed by atoms with E-state index >= 15 is 0 Å². The van der Waals surface area contributed by atoms with Crippen molar-refractivity contribution in [3.63, 3.8) is 0 Å². The third-order valence-corrected chi connectivity index (χ3v) is 5.29. The van der Waals surface area contributed by atoms with Crippen molar-refractivity contribution in [3.05, 3.63) is 71.4 Å². The van der Waals surface area contributed by atoms with Gasteiger partial charge in [0.25, 0.3) is 0 Å². The summed E-state index contributed by atoms with van der Waals surface area (Å²) in [7, 11) is 1.84. The number of nitrogens with one attached hydrogen (secondary N) is 3. The molecule has 4 rings (SSSR count). The average molecular weight is 346 g/mol. The van der Waals surface area contributed by atoms with Gasteiger partial charge in [0.1, 0.15) is 0 Å². The summed E-state index contributed by atoms with van der Waals surface area (Å²) in [5.74, 6) is 1.49. The smallest absolute Gasteiger partial charge is 0.191 e. The minimum absolute atomic E-state index is 0.482. The summed E-state index contributed by atoms with van der Waals surface area (Å²) < 4.78 is 0. The van der Waals surface area contributed by atoms with E-state index in [1.165, 1.54) is 34.0 Å². The van der Waals surface area contributed by atoms with Crippen LogP contribution in [0.3, 0.4) is 0 Å². The maximum Gasteiger partial charge on any atom is 0.191 e. The number of fused-ring (bicyclic) bond motifs is 1. The first kappa shape index (κ1) is 16.7. The summed E-state index contributed by atoms with van der Waals surface area (Å²) in [6.07, 6.45) is 4.25. The normalized spacial score (nSPS) is 19.5. The third-order valence-electron chi connectivity index (χ3n) is 5.29. The molecule has 1 aliphatic carbocycles. The first-order valence-corrected chi connectivity index (χ1v) is 9.34. The van der Waals surface area contributed by atoms with Gasteiger partial charge in [0.2, 0.25) is 0 Å². The first-order valence-electron chi connectivity index (χ1n) is 9.34. The Morgan fingerprint density at radius 3 is 2.81 bits per heavy atom. The zero-order valence-corrected chi connectivity index (χ0v) is 15.4. The minimum atomic E-state index is 0.482. The van der Waals surface area contributed by atoms with Gasteiger partial charge in [-0.2, -0.15) is 0 Å². The lowest BCUT2D eigenvalue weighted by atomic mass is 10.0. The number of aliphatic imine (C=N–C) groups is 1. The van der Waals surface area contributed by atoms with Crippen LogP contribution < -0.4 is 10.6 Å². The second-order valence-electron chi connectivity index (χ2n) is 7.06. The van der Waals surface area contributed by atoms with Gasteiger partial charge in [-0.05, 0) is 42.5 Å². The molecule has 4 heteroatoms. The van der Waals surface area contributed by atoms with Gasteiger partial charge in [0, 0.05) is 42.7 Å². The number of nitrogens with zero attached hydrogens (tertiary/aromatic N) is 1. The number of guanidine groups is 1. The van der Waals surface area contributed by atoms with Crippen LogP contribution in [-0.4, -0.2) is 30.6 Å². The molecule has 1 aromatic heterocycles. The van der Waals surface area contributed by atoms with E-state index in [-0.39, 0.29) is 0 Å². The van der Waals surface area contributed by atoms with Gasteiger partial charge in [-0.15, -0.1) is 0 Å². The molecule has 0 saturated heterocycles. The Bertz CT molecular complexity index is 925. The molecular weight excluding hydrogens is 320 g/mol. The zero-order chi connectivity index (χ0) is 17.9.